The lowest BCUT2D eigenvalue weighted by molar-refractivity contribution is -0.137. The molecule has 0 aliphatic rings. The summed E-state index contributed by atoms with van der Waals surface area (Å²) in [5.41, 5.74) is 7.94. The molecule has 0 saturated carbocycles. The third-order valence-corrected chi connectivity index (χ3v) is 3.97. The van der Waals surface area contributed by atoms with Crippen molar-refractivity contribution in [3.05, 3.63) is 51.5 Å². The molecular formula is C13H13F3N2S. The van der Waals surface area contributed by atoms with Gasteiger partial charge < -0.3 is 5.73 Å². The van der Waals surface area contributed by atoms with E-state index in [1.807, 2.05) is 31.2 Å². The Hall–Kier alpha value is -1.40. The number of halogens is 3. The average molecular weight is 286 g/mol. The Morgan fingerprint density at radius 2 is 2.00 bits per heavy atom. The highest BCUT2D eigenvalue weighted by atomic mass is 32.1. The third kappa shape index (κ3) is 2.96. The van der Waals surface area contributed by atoms with Crippen molar-refractivity contribution in [1.82, 2.24) is 4.98 Å². The molecule has 1 unspecified atom stereocenters. The minimum Gasteiger partial charge on any atom is -0.320 e. The molecule has 0 saturated heterocycles. The molecule has 1 atom stereocenters. The van der Waals surface area contributed by atoms with Gasteiger partial charge in [0.05, 0.1) is 6.04 Å². The molecule has 0 spiro atoms. The molecule has 0 fully saturated rings. The summed E-state index contributed by atoms with van der Waals surface area (Å²) in [5, 5.41) is -0.855. The van der Waals surface area contributed by atoms with E-state index in [1.165, 1.54) is 6.20 Å². The van der Waals surface area contributed by atoms with Crippen LogP contribution in [0, 0.1) is 0 Å². The van der Waals surface area contributed by atoms with Crippen LogP contribution in [0.2, 0.25) is 0 Å². The fourth-order valence-electron chi connectivity index (χ4n) is 1.87. The Bertz CT molecular complexity index is 563. The number of thiazole rings is 1. The first-order valence-corrected chi connectivity index (χ1v) is 6.61. The Morgan fingerprint density at radius 1 is 1.32 bits per heavy atom. The van der Waals surface area contributed by atoms with Gasteiger partial charge in [0, 0.05) is 11.1 Å². The Balaban J connectivity index is 2.34. The topological polar surface area (TPSA) is 38.9 Å². The van der Waals surface area contributed by atoms with Gasteiger partial charge in [-0.3, -0.25) is 0 Å². The van der Waals surface area contributed by atoms with E-state index in [2.05, 4.69) is 4.98 Å². The number of nitrogens with zero attached hydrogens (tertiary/aromatic N) is 1. The highest BCUT2D eigenvalue weighted by Gasteiger charge is 2.35. The fourth-order valence-corrected chi connectivity index (χ4v) is 2.68. The second kappa shape index (κ2) is 5.30. The molecule has 6 heteroatoms. The van der Waals surface area contributed by atoms with Crippen LogP contribution in [-0.2, 0) is 12.6 Å². The number of aromatic nitrogens is 1. The van der Waals surface area contributed by atoms with E-state index in [1.54, 1.807) is 0 Å². The van der Waals surface area contributed by atoms with Gasteiger partial charge in [0.1, 0.15) is 0 Å². The zero-order valence-corrected chi connectivity index (χ0v) is 11.1. The number of hydrogen-bond acceptors (Lipinski definition) is 3. The van der Waals surface area contributed by atoms with Crippen LogP contribution in [0.4, 0.5) is 13.2 Å². The predicted molar refractivity (Wildman–Crippen MR) is 69.0 cm³/mol. The number of aryl methyl sites for hydroxylation is 1. The van der Waals surface area contributed by atoms with E-state index in [0.717, 1.165) is 17.5 Å². The van der Waals surface area contributed by atoms with Crippen molar-refractivity contribution in [2.45, 2.75) is 25.6 Å². The zero-order valence-electron chi connectivity index (χ0n) is 10.2. The highest BCUT2D eigenvalue weighted by molar-refractivity contribution is 7.11. The molecule has 0 aliphatic heterocycles. The third-order valence-electron chi connectivity index (χ3n) is 2.84. The molecule has 102 valence electrons. The molecule has 19 heavy (non-hydrogen) atoms. The summed E-state index contributed by atoms with van der Waals surface area (Å²) < 4.78 is 37.6. The first-order chi connectivity index (χ1) is 8.93. The van der Waals surface area contributed by atoms with Gasteiger partial charge in [0.25, 0.3) is 0 Å². The minimum absolute atomic E-state index is 0.424. The lowest BCUT2D eigenvalue weighted by atomic mass is 9.98. The number of nitrogens with two attached hydrogens (primary N) is 1. The van der Waals surface area contributed by atoms with Crippen LogP contribution in [0.1, 0.15) is 34.0 Å². The maximum absolute atomic E-state index is 12.5. The summed E-state index contributed by atoms with van der Waals surface area (Å²) in [5.74, 6) is 0. The number of alkyl halides is 3. The quantitative estimate of drug-likeness (QED) is 0.932. The molecule has 1 aromatic heterocycles. The Kier molecular flexibility index (Phi) is 3.91. The van der Waals surface area contributed by atoms with Crippen LogP contribution in [0.5, 0.6) is 0 Å². The van der Waals surface area contributed by atoms with E-state index >= 15 is 0 Å². The van der Waals surface area contributed by atoms with E-state index in [0.29, 0.717) is 16.2 Å². The van der Waals surface area contributed by atoms with Crippen LogP contribution in [0.3, 0.4) is 0 Å². The SMILES string of the molecule is CCc1ccccc1C(N)c1cnc(C(F)(F)F)s1. The standard InChI is InChI=1S/C13H13F3N2S/c1-2-8-5-3-4-6-9(8)11(17)10-7-18-12(19-10)13(14,15)16/h3-7,11H,2,17H2,1H3. The summed E-state index contributed by atoms with van der Waals surface area (Å²) in [6.07, 6.45) is -2.41. The van der Waals surface area contributed by atoms with Crippen LogP contribution in [0.25, 0.3) is 0 Å². The molecule has 1 heterocycles. The first kappa shape index (κ1) is 14.0. The molecule has 0 radical (unpaired) electrons. The van der Waals surface area contributed by atoms with E-state index in [9.17, 15) is 13.2 Å². The summed E-state index contributed by atoms with van der Waals surface area (Å²) in [6, 6.07) is 6.94. The Labute approximate surface area is 113 Å². The molecule has 0 amide bonds. The molecule has 2 nitrogen and oxygen atoms in total. The largest absolute Gasteiger partial charge is 0.443 e. The molecule has 2 rings (SSSR count). The second-order valence-electron chi connectivity index (χ2n) is 4.10. The van der Waals surface area contributed by atoms with Crippen molar-refractivity contribution in [2.24, 2.45) is 5.73 Å². The van der Waals surface area contributed by atoms with E-state index < -0.39 is 17.2 Å². The fraction of sp³-hybridized carbons (Fsp3) is 0.308. The molecular weight excluding hydrogens is 273 g/mol. The van der Waals surface area contributed by atoms with Crippen molar-refractivity contribution in [2.75, 3.05) is 0 Å². The molecule has 1 aromatic carbocycles. The van der Waals surface area contributed by atoms with Crippen molar-refractivity contribution >= 4 is 11.3 Å². The van der Waals surface area contributed by atoms with Crippen LogP contribution in [0.15, 0.2) is 30.5 Å². The maximum Gasteiger partial charge on any atom is 0.443 e. The normalized spacial score (nSPS) is 13.5. The van der Waals surface area contributed by atoms with Crippen LogP contribution >= 0.6 is 11.3 Å². The van der Waals surface area contributed by atoms with Crippen molar-refractivity contribution in [3.63, 3.8) is 0 Å². The lowest BCUT2D eigenvalue weighted by Crippen LogP contribution is -2.12. The monoisotopic (exact) mass is 286 g/mol. The summed E-state index contributed by atoms with van der Waals surface area (Å²) >= 11 is 0.601. The number of benzene rings is 1. The van der Waals surface area contributed by atoms with Gasteiger partial charge in [-0.25, -0.2) is 4.98 Å². The van der Waals surface area contributed by atoms with E-state index in [4.69, 9.17) is 5.73 Å². The van der Waals surface area contributed by atoms with Crippen LogP contribution in [-0.4, -0.2) is 4.98 Å². The lowest BCUT2D eigenvalue weighted by Gasteiger charge is -2.13. The van der Waals surface area contributed by atoms with E-state index in [-0.39, 0.29) is 0 Å². The van der Waals surface area contributed by atoms with Gasteiger partial charge >= 0.3 is 6.18 Å². The van der Waals surface area contributed by atoms with Gasteiger partial charge in [0.2, 0.25) is 0 Å². The average Bonchev–Trinajstić information content (AvgIpc) is 2.87. The summed E-state index contributed by atoms with van der Waals surface area (Å²) in [6.45, 7) is 1.99. The zero-order chi connectivity index (χ0) is 14.0. The van der Waals surface area contributed by atoms with Crippen molar-refractivity contribution in [3.8, 4) is 0 Å². The number of hydrogen-bond donors (Lipinski definition) is 1. The van der Waals surface area contributed by atoms with Crippen molar-refractivity contribution in [1.29, 1.82) is 0 Å². The van der Waals surface area contributed by atoms with Gasteiger partial charge in [-0.1, -0.05) is 31.2 Å². The van der Waals surface area contributed by atoms with Crippen LogP contribution < -0.4 is 5.73 Å². The second-order valence-corrected chi connectivity index (χ2v) is 5.16. The van der Waals surface area contributed by atoms with Gasteiger partial charge in [0.15, 0.2) is 5.01 Å². The van der Waals surface area contributed by atoms with Gasteiger partial charge in [-0.05, 0) is 17.5 Å². The first-order valence-electron chi connectivity index (χ1n) is 5.79. The Morgan fingerprint density at radius 3 is 2.58 bits per heavy atom. The molecule has 2 aromatic rings. The van der Waals surface area contributed by atoms with Crippen molar-refractivity contribution < 1.29 is 13.2 Å². The van der Waals surface area contributed by atoms with Gasteiger partial charge in [-0.15, -0.1) is 11.3 Å². The predicted octanol–water partition coefficient (Wildman–Crippen LogP) is 3.77. The maximum atomic E-state index is 12.5. The smallest absolute Gasteiger partial charge is 0.320 e. The molecule has 0 aliphatic carbocycles. The summed E-state index contributed by atoms with van der Waals surface area (Å²) in [4.78, 5) is 3.83. The molecule has 2 N–H and O–H groups in total. The summed E-state index contributed by atoms with van der Waals surface area (Å²) in [7, 11) is 0. The molecule has 0 bridgehead atoms. The number of rotatable bonds is 3. The van der Waals surface area contributed by atoms with Gasteiger partial charge in [-0.2, -0.15) is 13.2 Å². The minimum atomic E-state index is -4.41. The highest BCUT2D eigenvalue weighted by Crippen LogP contribution is 2.35.